The first-order valence-electron chi connectivity index (χ1n) is 8.37. The molecule has 27 heavy (non-hydrogen) atoms. The number of hydrogen-bond donors (Lipinski definition) is 1. The molecule has 0 amide bonds. The minimum atomic E-state index is -0.179. The highest BCUT2D eigenvalue weighted by molar-refractivity contribution is 5.82. The average molecular weight is 362 g/mol. The molecule has 0 saturated carbocycles. The van der Waals surface area contributed by atoms with Gasteiger partial charge in [-0.25, -0.2) is 9.50 Å². The van der Waals surface area contributed by atoms with Gasteiger partial charge in [0, 0.05) is 35.3 Å². The number of aromatic nitrogens is 4. The van der Waals surface area contributed by atoms with Gasteiger partial charge in [-0.05, 0) is 36.8 Å². The topological polar surface area (TPSA) is 81.5 Å². The molecule has 0 atom stereocenters. The number of aromatic amines is 1. The number of pyridine rings is 1. The van der Waals surface area contributed by atoms with Gasteiger partial charge in [0.05, 0.1) is 19.9 Å². The van der Waals surface area contributed by atoms with E-state index in [0.717, 1.165) is 22.4 Å². The number of hydrogen-bond acceptors (Lipinski definition) is 5. The molecule has 0 bridgehead atoms. The molecule has 4 aromatic rings. The number of methoxy groups -OCH3 is 2. The van der Waals surface area contributed by atoms with E-state index in [1.807, 2.05) is 37.3 Å². The standard InChI is InChI=1S/C20H18N4O3/c1-12-19(14-4-5-16(26-2)17(10-14)27-3)20-22-15(11-18(25)24(20)23-12)13-6-8-21-9-7-13/h4-11,23H,1-3H3. The molecular weight excluding hydrogens is 344 g/mol. The normalized spacial score (nSPS) is 10.9. The zero-order valence-corrected chi connectivity index (χ0v) is 15.2. The van der Waals surface area contributed by atoms with E-state index >= 15 is 0 Å². The quantitative estimate of drug-likeness (QED) is 0.603. The van der Waals surface area contributed by atoms with Crippen LogP contribution in [0.1, 0.15) is 5.69 Å². The van der Waals surface area contributed by atoms with Crippen molar-refractivity contribution in [2.75, 3.05) is 14.2 Å². The molecule has 0 aliphatic carbocycles. The summed E-state index contributed by atoms with van der Waals surface area (Å²) >= 11 is 0. The van der Waals surface area contributed by atoms with E-state index in [4.69, 9.17) is 14.5 Å². The van der Waals surface area contributed by atoms with Gasteiger partial charge in [-0.1, -0.05) is 6.07 Å². The van der Waals surface area contributed by atoms with E-state index in [9.17, 15) is 4.79 Å². The van der Waals surface area contributed by atoms with Crippen molar-refractivity contribution in [3.8, 4) is 33.9 Å². The second-order valence-electron chi connectivity index (χ2n) is 6.06. The maximum Gasteiger partial charge on any atom is 0.273 e. The molecule has 0 aliphatic heterocycles. The third-order valence-corrected chi connectivity index (χ3v) is 4.45. The summed E-state index contributed by atoms with van der Waals surface area (Å²) in [6, 6.07) is 10.8. The summed E-state index contributed by atoms with van der Waals surface area (Å²) in [5.74, 6) is 1.25. The number of nitrogens with zero attached hydrogens (tertiary/aromatic N) is 3. The first-order chi connectivity index (χ1) is 13.1. The highest BCUT2D eigenvalue weighted by Gasteiger charge is 2.17. The van der Waals surface area contributed by atoms with Gasteiger partial charge in [0.2, 0.25) is 0 Å². The Labute approximate surface area is 155 Å². The van der Waals surface area contributed by atoms with Crippen molar-refractivity contribution in [2.24, 2.45) is 0 Å². The molecule has 136 valence electrons. The van der Waals surface area contributed by atoms with Crippen LogP contribution < -0.4 is 15.0 Å². The molecule has 0 spiro atoms. The fraction of sp³-hybridized carbons (Fsp3) is 0.150. The molecule has 1 N–H and O–H groups in total. The van der Waals surface area contributed by atoms with Crippen LogP contribution in [0.25, 0.3) is 28.0 Å². The number of ether oxygens (including phenoxy) is 2. The van der Waals surface area contributed by atoms with Gasteiger partial charge in [0.15, 0.2) is 17.1 Å². The summed E-state index contributed by atoms with van der Waals surface area (Å²) in [7, 11) is 3.19. The van der Waals surface area contributed by atoms with Crippen LogP contribution in [-0.2, 0) is 0 Å². The number of aryl methyl sites for hydroxylation is 1. The predicted octanol–water partition coefficient (Wildman–Crippen LogP) is 3.08. The smallest absolute Gasteiger partial charge is 0.273 e. The van der Waals surface area contributed by atoms with Crippen LogP contribution >= 0.6 is 0 Å². The van der Waals surface area contributed by atoms with Gasteiger partial charge in [-0.2, -0.15) is 0 Å². The average Bonchev–Trinajstić information content (AvgIpc) is 3.04. The summed E-state index contributed by atoms with van der Waals surface area (Å²) in [5.41, 5.74) is 4.36. The van der Waals surface area contributed by atoms with Crippen molar-refractivity contribution >= 4 is 5.65 Å². The van der Waals surface area contributed by atoms with Crippen molar-refractivity contribution in [1.82, 2.24) is 19.6 Å². The zero-order valence-electron chi connectivity index (χ0n) is 15.2. The van der Waals surface area contributed by atoms with Gasteiger partial charge in [-0.3, -0.25) is 14.9 Å². The Bertz CT molecular complexity index is 1180. The zero-order chi connectivity index (χ0) is 19.0. The van der Waals surface area contributed by atoms with Crippen LogP contribution in [0.4, 0.5) is 0 Å². The van der Waals surface area contributed by atoms with Crippen molar-refractivity contribution in [3.05, 3.63) is 64.8 Å². The largest absolute Gasteiger partial charge is 0.493 e. The Hall–Kier alpha value is -3.61. The number of H-pyrrole nitrogens is 1. The van der Waals surface area contributed by atoms with Crippen LogP contribution in [0, 0.1) is 6.92 Å². The first-order valence-corrected chi connectivity index (χ1v) is 8.37. The van der Waals surface area contributed by atoms with Crippen LogP contribution in [0.2, 0.25) is 0 Å². The highest BCUT2D eigenvalue weighted by Crippen LogP contribution is 2.35. The van der Waals surface area contributed by atoms with E-state index in [0.29, 0.717) is 22.8 Å². The Kier molecular flexibility index (Phi) is 4.12. The highest BCUT2D eigenvalue weighted by atomic mass is 16.5. The maximum atomic E-state index is 12.6. The fourth-order valence-electron chi connectivity index (χ4n) is 3.16. The summed E-state index contributed by atoms with van der Waals surface area (Å²) in [6.45, 7) is 1.91. The number of nitrogens with one attached hydrogen (secondary N) is 1. The Morgan fingerprint density at radius 2 is 1.70 bits per heavy atom. The van der Waals surface area contributed by atoms with Crippen LogP contribution in [0.15, 0.2) is 53.6 Å². The second kappa shape index (κ2) is 6.60. The molecule has 7 nitrogen and oxygen atoms in total. The molecule has 0 aliphatic rings. The van der Waals surface area contributed by atoms with Gasteiger partial charge < -0.3 is 9.47 Å². The van der Waals surface area contributed by atoms with E-state index in [-0.39, 0.29) is 5.56 Å². The van der Waals surface area contributed by atoms with Crippen LogP contribution in [0.5, 0.6) is 11.5 Å². The van der Waals surface area contributed by atoms with Crippen molar-refractivity contribution in [3.63, 3.8) is 0 Å². The molecule has 3 aromatic heterocycles. The first kappa shape index (κ1) is 16.8. The van der Waals surface area contributed by atoms with Crippen molar-refractivity contribution in [2.45, 2.75) is 6.92 Å². The van der Waals surface area contributed by atoms with Gasteiger partial charge >= 0.3 is 0 Å². The van der Waals surface area contributed by atoms with Crippen LogP contribution in [0.3, 0.4) is 0 Å². The van der Waals surface area contributed by atoms with Gasteiger partial charge in [0.1, 0.15) is 0 Å². The lowest BCUT2D eigenvalue weighted by Gasteiger charge is -2.09. The molecule has 0 unspecified atom stereocenters. The van der Waals surface area contributed by atoms with Gasteiger partial charge in [-0.15, -0.1) is 0 Å². The maximum absolute atomic E-state index is 12.6. The number of benzene rings is 1. The Morgan fingerprint density at radius 3 is 2.41 bits per heavy atom. The Morgan fingerprint density at radius 1 is 0.963 bits per heavy atom. The number of fused-ring (bicyclic) bond motifs is 1. The minimum Gasteiger partial charge on any atom is -0.493 e. The molecule has 0 saturated heterocycles. The molecule has 0 radical (unpaired) electrons. The Balaban J connectivity index is 1.97. The third-order valence-electron chi connectivity index (χ3n) is 4.45. The molecular formula is C20H18N4O3. The molecule has 3 heterocycles. The fourth-order valence-corrected chi connectivity index (χ4v) is 3.16. The van der Waals surface area contributed by atoms with Crippen molar-refractivity contribution < 1.29 is 9.47 Å². The molecule has 4 rings (SSSR count). The summed E-state index contributed by atoms with van der Waals surface area (Å²) in [4.78, 5) is 21.4. The number of rotatable bonds is 4. The van der Waals surface area contributed by atoms with E-state index < -0.39 is 0 Å². The molecule has 1 aromatic carbocycles. The second-order valence-corrected chi connectivity index (χ2v) is 6.06. The van der Waals surface area contributed by atoms with E-state index in [2.05, 4.69) is 10.1 Å². The van der Waals surface area contributed by atoms with E-state index in [1.165, 1.54) is 10.6 Å². The summed E-state index contributed by atoms with van der Waals surface area (Å²) in [6.07, 6.45) is 3.35. The SMILES string of the molecule is COc1ccc(-c2c(C)[nH]n3c(=O)cc(-c4ccncc4)nc23)cc1OC. The summed E-state index contributed by atoms with van der Waals surface area (Å²) < 4.78 is 12.2. The molecule has 0 fully saturated rings. The monoisotopic (exact) mass is 362 g/mol. The lowest BCUT2D eigenvalue weighted by Crippen LogP contribution is -2.14. The van der Waals surface area contributed by atoms with Crippen LogP contribution in [-0.4, -0.2) is 33.8 Å². The van der Waals surface area contributed by atoms with Gasteiger partial charge in [0.25, 0.3) is 5.56 Å². The molecule has 7 heteroatoms. The minimum absolute atomic E-state index is 0.179. The van der Waals surface area contributed by atoms with E-state index in [1.54, 1.807) is 26.6 Å². The lowest BCUT2D eigenvalue weighted by molar-refractivity contribution is 0.355. The van der Waals surface area contributed by atoms with Crippen molar-refractivity contribution in [1.29, 1.82) is 0 Å². The summed E-state index contributed by atoms with van der Waals surface area (Å²) in [5, 5.41) is 3.10. The lowest BCUT2D eigenvalue weighted by atomic mass is 10.1. The third kappa shape index (κ3) is 2.83. The predicted molar refractivity (Wildman–Crippen MR) is 102 cm³/mol.